The molecule has 0 radical (unpaired) electrons. The molecule has 4 aromatic carbocycles. The summed E-state index contributed by atoms with van der Waals surface area (Å²) >= 11 is 0. The Morgan fingerprint density at radius 3 is 2.34 bits per heavy atom. The Kier molecular flexibility index (Phi) is 8.84. The van der Waals surface area contributed by atoms with Crippen LogP contribution in [0.25, 0.3) is 0 Å². The van der Waals surface area contributed by atoms with Crippen LogP contribution in [0.1, 0.15) is 43.8 Å². The van der Waals surface area contributed by atoms with E-state index in [0.29, 0.717) is 41.3 Å². The highest BCUT2D eigenvalue weighted by Gasteiger charge is 2.17. The molecule has 0 spiro atoms. The van der Waals surface area contributed by atoms with Crippen molar-refractivity contribution < 1.29 is 19.1 Å². The van der Waals surface area contributed by atoms with Gasteiger partial charge in [0.05, 0.1) is 25.5 Å². The molecule has 2 amide bonds. The second-order valence-electron chi connectivity index (χ2n) is 10.0. The van der Waals surface area contributed by atoms with Crippen molar-refractivity contribution in [3.05, 3.63) is 119 Å². The molecule has 1 aliphatic rings. The lowest BCUT2D eigenvalue weighted by Gasteiger charge is -2.31. The number of hydrogen-bond acceptors (Lipinski definition) is 5. The Bertz CT molecular complexity index is 1520. The quantitative estimate of drug-likeness (QED) is 0.258. The summed E-state index contributed by atoms with van der Waals surface area (Å²) in [6.07, 6.45) is 2.87. The zero-order valence-corrected chi connectivity index (χ0v) is 23.5. The largest absolute Gasteiger partial charge is 0.493 e. The standard InChI is InChI=1S/C34H35N3O4/c1-40-31-18-15-24(22-32(31)41-2)19-20-35-34(39)28-10-4-5-11-29(28)36-33(38)27-16-13-25(14-17-27)23-37-21-7-9-26-8-3-6-12-30(26)37/h3-6,8,10-18,22H,7,9,19-21,23H2,1-2H3,(H,35,39)(H,36,38). The number of anilines is 2. The average molecular weight is 550 g/mol. The number of para-hydroxylation sites is 2. The van der Waals surface area contributed by atoms with Crippen LogP contribution in [0.3, 0.4) is 0 Å². The molecule has 0 atom stereocenters. The molecule has 0 aliphatic carbocycles. The van der Waals surface area contributed by atoms with E-state index >= 15 is 0 Å². The molecule has 0 unspecified atom stereocenters. The summed E-state index contributed by atoms with van der Waals surface area (Å²) in [6, 6.07) is 29.0. The summed E-state index contributed by atoms with van der Waals surface area (Å²) in [5, 5.41) is 5.87. The van der Waals surface area contributed by atoms with Crippen molar-refractivity contribution in [3.63, 3.8) is 0 Å². The lowest BCUT2D eigenvalue weighted by molar-refractivity contribution is 0.0955. The fourth-order valence-corrected chi connectivity index (χ4v) is 5.19. The molecule has 0 saturated heterocycles. The molecule has 4 aromatic rings. The fourth-order valence-electron chi connectivity index (χ4n) is 5.19. The third-order valence-electron chi connectivity index (χ3n) is 7.36. The fraction of sp³-hybridized carbons (Fsp3) is 0.235. The Balaban J connectivity index is 1.18. The van der Waals surface area contributed by atoms with Gasteiger partial charge in [-0.3, -0.25) is 9.59 Å². The number of hydrogen-bond donors (Lipinski definition) is 2. The molecule has 0 fully saturated rings. The first-order valence-corrected chi connectivity index (χ1v) is 13.9. The van der Waals surface area contributed by atoms with E-state index in [2.05, 4.69) is 39.8 Å². The van der Waals surface area contributed by atoms with Crippen LogP contribution in [-0.2, 0) is 19.4 Å². The average Bonchev–Trinajstić information content (AvgIpc) is 3.01. The zero-order chi connectivity index (χ0) is 28.6. The minimum Gasteiger partial charge on any atom is -0.493 e. The monoisotopic (exact) mass is 549 g/mol. The van der Waals surface area contributed by atoms with Crippen molar-refractivity contribution in [3.8, 4) is 11.5 Å². The molecule has 0 aromatic heterocycles. The summed E-state index contributed by atoms with van der Waals surface area (Å²) in [4.78, 5) is 28.5. The number of ether oxygens (including phenoxy) is 2. The first-order valence-electron chi connectivity index (χ1n) is 13.9. The van der Waals surface area contributed by atoms with Crippen molar-refractivity contribution in [1.29, 1.82) is 0 Å². The van der Waals surface area contributed by atoms with Gasteiger partial charge < -0.3 is 25.0 Å². The number of nitrogens with one attached hydrogen (secondary N) is 2. The molecular formula is C34H35N3O4. The third-order valence-corrected chi connectivity index (χ3v) is 7.36. The normalized spacial score (nSPS) is 12.3. The van der Waals surface area contributed by atoms with Crippen LogP contribution in [0.2, 0.25) is 0 Å². The predicted octanol–water partition coefficient (Wildman–Crippen LogP) is 5.88. The number of amides is 2. The van der Waals surface area contributed by atoms with Gasteiger partial charge in [0.1, 0.15) is 0 Å². The van der Waals surface area contributed by atoms with Crippen LogP contribution in [0.15, 0.2) is 91.0 Å². The summed E-state index contributed by atoms with van der Waals surface area (Å²) in [5.74, 6) is 0.797. The third kappa shape index (κ3) is 6.69. The number of rotatable bonds is 10. The molecule has 1 aliphatic heterocycles. The van der Waals surface area contributed by atoms with Gasteiger partial charge in [0.2, 0.25) is 0 Å². The molecule has 41 heavy (non-hydrogen) atoms. The molecular weight excluding hydrogens is 514 g/mol. The number of methoxy groups -OCH3 is 2. The van der Waals surface area contributed by atoms with Crippen molar-refractivity contribution in [2.75, 3.05) is 37.5 Å². The smallest absolute Gasteiger partial charge is 0.255 e. The van der Waals surface area contributed by atoms with Gasteiger partial charge in [0.25, 0.3) is 11.8 Å². The maximum absolute atomic E-state index is 13.1. The Morgan fingerprint density at radius 1 is 0.805 bits per heavy atom. The van der Waals surface area contributed by atoms with Crippen molar-refractivity contribution >= 4 is 23.2 Å². The first-order chi connectivity index (χ1) is 20.1. The SMILES string of the molecule is COc1ccc(CCNC(=O)c2ccccc2NC(=O)c2ccc(CN3CCCc4ccccc43)cc2)cc1OC. The summed E-state index contributed by atoms with van der Waals surface area (Å²) in [7, 11) is 3.19. The van der Waals surface area contributed by atoms with Crippen LogP contribution in [0.5, 0.6) is 11.5 Å². The Labute approximate surface area is 241 Å². The van der Waals surface area contributed by atoms with Gasteiger partial charge in [-0.15, -0.1) is 0 Å². The number of carbonyl (C=O) groups is 2. The number of carbonyl (C=O) groups excluding carboxylic acids is 2. The van der Waals surface area contributed by atoms with Crippen LogP contribution in [-0.4, -0.2) is 39.1 Å². The highest BCUT2D eigenvalue weighted by molar-refractivity contribution is 6.09. The van der Waals surface area contributed by atoms with E-state index in [4.69, 9.17) is 9.47 Å². The lowest BCUT2D eigenvalue weighted by Crippen LogP contribution is -2.28. The summed E-state index contributed by atoms with van der Waals surface area (Å²) < 4.78 is 10.6. The maximum Gasteiger partial charge on any atom is 0.255 e. The highest BCUT2D eigenvalue weighted by atomic mass is 16.5. The van der Waals surface area contributed by atoms with E-state index < -0.39 is 0 Å². The predicted molar refractivity (Wildman–Crippen MR) is 162 cm³/mol. The van der Waals surface area contributed by atoms with Crippen LogP contribution < -0.4 is 25.0 Å². The second kappa shape index (κ2) is 13.0. The molecule has 7 heteroatoms. The summed E-state index contributed by atoms with van der Waals surface area (Å²) in [6.45, 7) is 2.25. The second-order valence-corrected chi connectivity index (χ2v) is 10.0. The molecule has 7 nitrogen and oxygen atoms in total. The molecule has 5 rings (SSSR count). The van der Waals surface area contributed by atoms with E-state index in [1.807, 2.05) is 42.5 Å². The van der Waals surface area contributed by atoms with Crippen LogP contribution >= 0.6 is 0 Å². The topological polar surface area (TPSA) is 79.9 Å². The highest BCUT2D eigenvalue weighted by Crippen LogP contribution is 2.29. The number of nitrogens with zero attached hydrogens (tertiary/aromatic N) is 1. The van der Waals surface area contributed by atoms with Crippen molar-refractivity contribution in [2.24, 2.45) is 0 Å². The maximum atomic E-state index is 13.1. The van der Waals surface area contributed by atoms with E-state index in [-0.39, 0.29) is 11.8 Å². The Hall–Kier alpha value is -4.78. The van der Waals surface area contributed by atoms with Gasteiger partial charge in [-0.05, 0) is 78.4 Å². The van der Waals surface area contributed by atoms with Gasteiger partial charge in [-0.25, -0.2) is 0 Å². The van der Waals surface area contributed by atoms with Gasteiger partial charge in [0.15, 0.2) is 11.5 Å². The number of aryl methyl sites for hydroxylation is 1. The minimum atomic E-state index is -0.259. The molecule has 0 saturated carbocycles. The van der Waals surface area contributed by atoms with E-state index in [1.54, 1.807) is 38.5 Å². The van der Waals surface area contributed by atoms with E-state index in [1.165, 1.54) is 11.3 Å². The number of benzene rings is 4. The van der Waals surface area contributed by atoms with Crippen LogP contribution in [0, 0.1) is 0 Å². The Morgan fingerprint density at radius 2 is 1.54 bits per heavy atom. The lowest BCUT2D eigenvalue weighted by atomic mass is 10.0. The minimum absolute atomic E-state index is 0.251. The molecule has 0 bridgehead atoms. The molecule has 210 valence electrons. The van der Waals surface area contributed by atoms with Gasteiger partial charge in [0, 0.05) is 30.9 Å². The molecule has 1 heterocycles. The van der Waals surface area contributed by atoms with Gasteiger partial charge in [-0.1, -0.05) is 48.5 Å². The first kappa shape index (κ1) is 27.8. The number of fused-ring (bicyclic) bond motifs is 1. The van der Waals surface area contributed by atoms with Crippen molar-refractivity contribution in [2.45, 2.75) is 25.8 Å². The van der Waals surface area contributed by atoms with Gasteiger partial charge in [-0.2, -0.15) is 0 Å². The molecule has 2 N–H and O–H groups in total. The van der Waals surface area contributed by atoms with E-state index in [9.17, 15) is 9.59 Å². The zero-order valence-electron chi connectivity index (χ0n) is 23.5. The van der Waals surface area contributed by atoms with Gasteiger partial charge >= 0.3 is 0 Å². The van der Waals surface area contributed by atoms with E-state index in [0.717, 1.165) is 37.1 Å². The summed E-state index contributed by atoms with van der Waals surface area (Å²) in [5.41, 5.74) is 6.25. The van der Waals surface area contributed by atoms with Crippen molar-refractivity contribution in [1.82, 2.24) is 5.32 Å². The van der Waals surface area contributed by atoms with Crippen LogP contribution in [0.4, 0.5) is 11.4 Å².